The number of likely N-dealkylation sites (tertiary alicyclic amines) is 1. The molecule has 1 amide bonds. The van der Waals surface area contributed by atoms with Gasteiger partial charge in [-0.25, -0.2) is 4.98 Å². The molecule has 1 aliphatic heterocycles. The number of aromatic nitrogens is 1. The Morgan fingerprint density at radius 2 is 2.19 bits per heavy atom. The van der Waals surface area contributed by atoms with Gasteiger partial charge in [0.2, 0.25) is 0 Å². The number of rotatable bonds is 2. The van der Waals surface area contributed by atoms with E-state index >= 15 is 0 Å². The summed E-state index contributed by atoms with van der Waals surface area (Å²) < 4.78 is 0. The van der Waals surface area contributed by atoms with Crippen molar-refractivity contribution in [3.8, 4) is 0 Å². The molecule has 0 aromatic carbocycles. The Hall–Kier alpha value is -0.940. The van der Waals surface area contributed by atoms with E-state index in [1.165, 1.54) is 30.6 Å². The first-order valence-corrected chi connectivity index (χ1v) is 8.98. The van der Waals surface area contributed by atoms with Gasteiger partial charge in [0.05, 0.1) is 6.04 Å². The van der Waals surface area contributed by atoms with Crippen LogP contribution < -0.4 is 5.73 Å². The number of nitrogens with two attached hydrogens (primary N) is 1. The molecule has 0 radical (unpaired) electrons. The zero-order valence-corrected chi connectivity index (χ0v) is 13.7. The van der Waals surface area contributed by atoms with E-state index in [0.717, 1.165) is 30.3 Å². The molecule has 0 spiro atoms. The minimum absolute atomic E-state index is 0.0969. The summed E-state index contributed by atoms with van der Waals surface area (Å²) in [5, 5.41) is 2.72. The summed E-state index contributed by atoms with van der Waals surface area (Å²) in [7, 11) is 0. The van der Waals surface area contributed by atoms with Crippen LogP contribution in [-0.2, 0) is 0 Å². The fraction of sp³-hybridized carbons (Fsp3) is 0.750. The van der Waals surface area contributed by atoms with E-state index < -0.39 is 0 Å². The van der Waals surface area contributed by atoms with Crippen LogP contribution in [0.1, 0.15) is 67.5 Å². The van der Waals surface area contributed by atoms with E-state index in [4.69, 9.17) is 5.73 Å². The summed E-state index contributed by atoms with van der Waals surface area (Å²) in [5.41, 5.74) is 6.44. The van der Waals surface area contributed by atoms with Crippen LogP contribution >= 0.6 is 11.3 Å². The Morgan fingerprint density at radius 3 is 2.90 bits per heavy atom. The summed E-state index contributed by atoms with van der Waals surface area (Å²) in [6, 6.07) is 0.329. The lowest BCUT2D eigenvalue weighted by molar-refractivity contribution is 0.0213. The molecule has 1 aromatic rings. The van der Waals surface area contributed by atoms with E-state index in [-0.39, 0.29) is 11.9 Å². The Bertz CT molecular complexity index is 513. The molecule has 4 unspecified atom stereocenters. The van der Waals surface area contributed by atoms with Crippen molar-refractivity contribution in [2.45, 2.75) is 58.0 Å². The van der Waals surface area contributed by atoms with Crippen LogP contribution in [0.2, 0.25) is 0 Å². The third kappa shape index (κ3) is 2.86. The van der Waals surface area contributed by atoms with Crippen LogP contribution in [0.5, 0.6) is 0 Å². The predicted octanol–water partition coefficient (Wildman–Crippen LogP) is 3.20. The highest BCUT2D eigenvalue weighted by molar-refractivity contribution is 7.09. The molecule has 2 N–H and O–H groups in total. The first-order chi connectivity index (χ1) is 10.1. The lowest BCUT2D eigenvalue weighted by Gasteiger charge is -2.47. The van der Waals surface area contributed by atoms with Crippen molar-refractivity contribution in [2.24, 2.45) is 17.6 Å². The number of nitrogens with zero attached hydrogens (tertiary/aromatic N) is 2. The fourth-order valence-corrected chi connectivity index (χ4v) is 4.66. The second-order valence-electron chi connectivity index (χ2n) is 6.64. The van der Waals surface area contributed by atoms with Crippen LogP contribution in [0.3, 0.4) is 0 Å². The smallest absolute Gasteiger partial charge is 0.273 e. The van der Waals surface area contributed by atoms with Crippen molar-refractivity contribution in [1.29, 1.82) is 0 Å². The highest BCUT2D eigenvalue weighted by Crippen LogP contribution is 2.39. The Labute approximate surface area is 130 Å². The second kappa shape index (κ2) is 6.05. The summed E-state index contributed by atoms with van der Waals surface area (Å²) in [4.78, 5) is 19.4. The SMILES string of the molecule is CC(N)c1nc(C(=O)N2CCC(C)C3CCCCC32)cs1. The number of carbonyl (C=O) groups is 1. The van der Waals surface area contributed by atoms with Gasteiger partial charge in [-0.15, -0.1) is 11.3 Å². The lowest BCUT2D eigenvalue weighted by Crippen LogP contribution is -2.52. The maximum Gasteiger partial charge on any atom is 0.273 e. The molecule has 21 heavy (non-hydrogen) atoms. The molecule has 2 fully saturated rings. The van der Waals surface area contributed by atoms with Gasteiger partial charge in [-0.2, -0.15) is 0 Å². The van der Waals surface area contributed by atoms with Crippen molar-refractivity contribution in [2.75, 3.05) is 6.54 Å². The van der Waals surface area contributed by atoms with Gasteiger partial charge in [0.1, 0.15) is 10.7 Å². The topological polar surface area (TPSA) is 59.2 Å². The molecule has 1 aromatic heterocycles. The molecule has 2 heterocycles. The summed E-state index contributed by atoms with van der Waals surface area (Å²) >= 11 is 1.50. The van der Waals surface area contributed by atoms with Gasteiger partial charge in [-0.3, -0.25) is 4.79 Å². The minimum atomic E-state index is -0.0969. The van der Waals surface area contributed by atoms with Crippen molar-refractivity contribution in [3.05, 3.63) is 16.1 Å². The molecular weight excluding hydrogens is 282 g/mol. The molecule has 5 heteroatoms. The number of hydrogen-bond acceptors (Lipinski definition) is 4. The van der Waals surface area contributed by atoms with E-state index in [1.54, 1.807) is 0 Å². The third-order valence-electron chi connectivity index (χ3n) is 5.13. The molecule has 1 aliphatic carbocycles. The zero-order chi connectivity index (χ0) is 15.0. The van der Waals surface area contributed by atoms with Crippen LogP contribution in [-0.4, -0.2) is 28.4 Å². The predicted molar refractivity (Wildman–Crippen MR) is 85.3 cm³/mol. The van der Waals surface area contributed by atoms with Gasteiger partial charge in [0.15, 0.2) is 0 Å². The van der Waals surface area contributed by atoms with Crippen molar-refractivity contribution in [1.82, 2.24) is 9.88 Å². The second-order valence-corrected chi connectivity index (χ2v) is 7.53. The van der Waals surface area contributed by atoms with Crippen LogP contribution in [0.4, 0.5) is 0 Å². The number of piperidine rings is 1. The molecule has 116 valence electrons. The van der Waals surface area contributed by atoms with Crippen LogP contribution in [0.25, 0.3) is 0 Å². The van der Waals surface area contributed by atoms with E-state index in [1.807, 2.05) is 12.3 Å². The number of carbonyl (C=O) groups excluding carboxylic acids is 1. The van der Waals surface area contributed by atoms with Crippen molar-refractivity contribution >= 4 is 17.2 Å². The van der Waals surface area contributed by atoms with Gasteiger partial charge in [-0.05, 0) is 38.0 Å². The number of amides is 1. The average Bonchev–Trinajstić information content (AvgIpc) is 2.97. The van der Waals surface area contributed by atoms with E-state index in [0.29, 0.717) is 17.7 Å². The molecule has 1 saturated carbocycles. The molecule has 1 saturated heterocycles. The standard InChI is InChI=1S/C16H25N3OS/c1-10-7-8-19(14-6-4-3-5-12(10)14)16(20)13-9-21-15(18-13)11(2)17/h9-12,14H,3-8,17H2,1-2H3. The monoisotopic (exact) mass is 307 g/mol. The quantitative estimate of drug-likeness (QED) is 0.912. The molecule has 4 atom stereocenters. The molecule has 2 aliphatic rings. The Balaban J connectivity index is 1.79. The van der Waals surface area contributed by atoms with Gasteiger partial charge in [-0.1, -0.05) is 19.8 Å². The number of fused-ring (bicyclic) bond motifs is 1. The fourth-order valence-electron chi connectivity index (χ4n) is 3.91. The maximum atomic E-state index is 12.8. The normalized spacial score (nSPS) is 30.8. The van der Waals surface area contributed by atoms with Gasteiger partial charge in [0, 0.05) is 18.0 Å². The Kier molecular flexibility index (Phi) is 4.31. The Morgan fingerprint density at radius 1 is 1.43 bits per heavy atom. The van der Waals surface area contributed by atoms with Gasteiger partial charge >= 0.3 is 0 Å². The maximum absolute atomic E-state index is 12.8. The average molecular weight is 307 g/mol. The first kappa shape index (κ1) is 15.0. The summed E-state index contributed by atoms with van der Waals surface area (Å²) in [6.45, 7) is 5.14. The zero-order valence-electron chi connectivity index (χ0n) is 12.9. The molecule has 3 rings (SSSR count). The largest absolute Gasteiger partial charge is 0.334 e. The molecular formula is C16H25N3OS. The van der Waals surface area contributed by atoms with Gasteiger partial charge < -0.3 is 10.6 Å². The van der Waals surface area contributed by atoms with E-state index in [9.17, 15) is 4.79 Å². The van der Waals surface area contributed by atoms with Crippen LogP contribution in [0.15, 0.2) is 5.38 Å². The highest BCUT2D eigenvalue weighted by Gasteiger charge is 2.40. The molecule has 4 nitrogen and oxygen atoms in total. The highest BCUT2D eigenvalue weighted by atomic mass is 32.1. The first-order valence-electron chi connectivity index (χ1n) is 8.10. The molecule has 0 bridgehead atoms. The van der Waals surface area contributed by atoms with Crippen molar-refractivity contribution < 1.29 is 4.79 Å². The summed E-state index contributed by atoms with van der Waals surface area (Å²) in [5.74, 6) is 1.54. The van der Waals surface area contributed by atoms with Crippen molar-refractivity contribution in [3.63, 3.8) is 0 Å². The third-order valence-corrected chi connectivity index (χ3v) is 6.18. The van der Waals surface area contributed by atoms with Crippen LogP contribution in [0, 0.1) is 11.8 Å². The number of thiazole rings is 1. The lowest BCUT2D eigenvalue weighted by atomic mass is 9.72. The van der Waals surface area contributed by atoms with E-state index in [2.05, 4.69) is 16.8 Å². The van der Waals surface area contributed by atoms with Gasteiger partial charge in [0.25, 0.3) is 5.91 Å². The minimum Gasteiger partial charge on any atom is -0.334 e. The summed E-state index contributed by atoms with van der Waals surface area (Å²) in [6.07, 6.45) is 6.12. The number of hydrogen-bond donors (Lipinski definition) is 1.